The molecular weight excluding hydrogens is 336 g/mol. The summed E-state index contributed by atoms with van der Waals surface area (Å²) in [6, 6.07) is 12.3. The number of amides is 1. The summed E-state index contributed by atoms with van der Waals surface area (Å²) in [4.78, 5) is 21.8. The summed E-state index contributed by atoms with van der Waals surface area (Å²) < 4.78 is 0. The zero-order valence-corrected chi connectivity index (χ0v) is 15.8. The molecule has 2 aliphatic rings. The Balaban J connectivity index is 1.39. The lowest BCUT2D eigenvalue weighted by Crippen LogP contribution is -2.38. The van der Waals surface area contributed by atoms with E-state index in [4.69, 9.17) is 0 Å². The second kappa shape index (κ2) is 8.63. The number of benzene rings is 1. The van der Waals surface area contributed by atoms with Crippen molar-refractivity contribution in [2.75, 3.05) is 31.5 Å². The van der Waals surface area contributed by atoms with E-state index in [9.17, 15) is 4.79 Å². The van der Waals surface area contributed by atoms with Gasteiger partial charge in [-0.15, -0.1) is 0 Å². The van der Waals surface area contributed by atoms with Crippen molar-refractivity contribution in [2.45, 2.75) is 38.3 Å². The molecule has 2 fully saturated rings. The van der Waals surface area contributed by atoms with Crippen molar-refractivity contribution in [3.05, 3.63) is 59.9 Å². The van der Waals surface area contributed by atoms with Crippen LogP contribution in [-0.4, -0.2) is 52.9 Å². The second-order valence-corrected chi connectivity index (χ2v) is 7.67. The van der Waals surface area contributed by atoms with Crippen molar-refractivity contribution in [3.8, 4) is 0 Å². The number of aromatic nitrogens is 1. The minimum Gasteiger partial charge on any atom is -0.321 e. The predicted molar refractivity (Wildman–Crippen MR) is 108 cm³/mol. The third-order valence-corrected chi connectivity index (χ3v) is 5.66. The molecule has 0 radical (unpaired) electrons. The first-order valence-electron chi connectivity index (χ1n) is 10.0. The number of carbonyl (C=O) groups is 1. The number of rotatable bonds is 6. The molecule has 4 rings (SSSR count). The van der Waals surface area contributed by atoms with Gasteiger partial charge in [-0.3, -0.25) is 14.7 Å². The van der Waals surface area contributed by atoms with Gasteiger partial charge in [-0.05, 0) is 75.1 Å². The zero-order chi connectivity index (χ0) is 18.5. The number of anilines is 1. The summed E-state index contributed by atoms with van der Waals surface area (Å²) >= 11 is 0. The van der Waals surface area contributed by atoms with Crippen molar-refractivity contribution in [3.63, 3.8) is 0 Å². The van der Waals surface area contributed by atoms with E-state index >= 15 is 0 Å². The molecule has 2 saturated heterocycles. The lowest BCUT2D eigenvalue weighted by molar-refractivity contribution is 0.102. The zero-order valence-electron chi connectivity index (χ0n) is 15.8. The molecular formula is C22H28N4O. The maximum Gasteiger partial charge on any atom is 0.255 e. The van der Waals surface area contributed by atoms with Crippen LogP contribution in [0, 0.1) is 0 Å². The highest BCUT2D eigenvalue weighted by molar-refractivity contribution is 6.04. The molecule has 1 atom stereocenters. The molecule has 1 amide bonds. The van der Waals surface area contributed by atoms with Crippen LogP contribution in [0.5, 0.6) is 0 Å². The van der Waals surface area contributed by atoms with E-state index in [1.165, 1.54) is 50.9 Å². The molecule has 5 nitrogen and oxygen atoms in total. The number of nitrogens with one attached hydrogen (secondary N) is 1. The Kier molecular flexibility index (Phi) is 5.80. The standard InChI is InChI=1S/C22H28N4O/c27-22(24-20-8-4-10-23-15-20)19-7-3-6-18(14-19)16-26-13-5-9-21(26)17-25-11-1-2-12-25/h3-4,6-8,10,14-15,21H,1-2,5,9,11-13,16-17H2,(H,24,27)/t21-/m0/s1. The Morgan fingerprint density at radius 2 is 2.00 bits per heavy atom. The predicted octanol–water partition coefficient (Wildman–Crippen LogP) is 3.39. The maximum absolute atomic E-state index is 12.5. The molecule has 1 N–H and O–H groups in total. The first kappa shape index (κ1) is 18.1. The summed E-state index contributed by atoms with van der Waals surface area (Å²) in [5.41, 5.74) is 2.63. The smallest absolute Gasteiger partial charge is 0.255 e. The van der Waals surface area contributed by atoms with Gasteiger partial charge in [0, 0.05) is 30.9 Å². The van der Waals surface area contributed by atoms with Gasteiger partial charge in [0.15, 0.2) is 0 Å². The Morgan fingerprint density at radius 3 is 2.81 bits per heavy atom. The fraction of sp³-hybridized carbons (Fsp3) is 0.455. The van der Waals surface area contributed by atoms with Gasteiger partial charge in [0.1, 0.15) is 0 Å². The van der Waals surface area contributed by atoms with Crippen LogP contribution in [0.4, 0.5) is 5.69 Å². The lowest BCUT2D eigenvalue weighted by Gasteiger charge is -2.28. The van der Waals surface area contributed by atoms with Crippen molar-refractivity contribution in [1.82, 2.24) is 14.8 Å². The van der Waals surface area contributed by atoms with Crippen molar-refractivity contribution in [1.29, 1.82) is 0 Å². The summed E-state index contributed by atoms with van der Waals surface area (Å²) in [6.45, 7) is 5.79. The van der Waals surface area contributed by atoms with E-state index in [0.717, 1.165) is 18.8 Å². The van der Waals surface area contributed by atoms with Gasteiger partial charge >= 0.3 is 0 Å². The highest BCUT2D eigenvalue weighted by Gasteiger charge is 2.27. The number of likely N-dealkylation sites (tertiary alicyclic amines) is 2. The van der Waals surface area contributed by atoms with Gasteiger partial charge < -0.3 is 10.2 Å². The van der Waals surface area contributed by atoms with E-state index in [2.05, 4.69) is 26.2 Å². The summed E-state index contributed by atoms with van der Waals surface area (Å²) in [7, 11) is 0. The average Bonchev–Trinajstić information content (AvgIpc) is 3.36. The molecule has 2 aromatic rings. The normalized spacial score (nSPS) is 20.8. The van der Waals surface area contributed by atoms with Gasteiger partial charge in [0.2, 0.25) is 0 Å². The first-order valence-corrected chi connectivity index (χ1v) is 10.0. The van der Waals surface area contributed by atoms with Crippen molar-refractivity contribution >= 4 is 11.6 Å². The number of nitrogens with zero attached hydrogens (tertiary/aromatic N) is 3. The minimum absolute atomic E-state index is 0.0834. The van der Waals surface area contributed by atoms with Gasteiger partial charge in [-0.1, -0.05) is 12.1 Å². The molecule has 5 heteroatoms. The molecule has 27 heavy (non-hydrogen) atoms. The molecule has 1 aromatic heterocycles. The molecule has 3 heterocycles. The SMILES string of the molecule is O=C(Nc1cccnc1)c1cccc(CN2CCC[C@H]2CN2CCCC2)c1. The molecule has 0 saturated carbocycles. The summed E-state index contributed by atoms with van der Waals surface area (Å²) in [5, 5.41) is 2.91. The molecule has 2 aliphatic heterocycles. The Bertz CT molecular complexity index is 758. The van der Waals surface area contributed by atoms with Crippen molar-refractivity contribution < 1.29 is 4.79 Å². The number of carbonyl (C=O) groups excluding carboxylic acids is 1. The van der Waals surface area contributed by atoms with Gasteiger partial charge in [-0.25, -0.2) is 0 Å². The van der Waals surface area contributed by atoms with Gasteiger partial charge in [0.05, 0.1) is 11.9 Å². The Morgan fingerprint density at radius 1 is 1.11 bits per heavy atom. The number of pyridine rings is 1. The Labute approximate surface area is 161 Å². The molecule has 0 aliphatic carbocycles. The van der Waals surface area contributed by atoms with Crippen molar-refractivity contribution in [2.24, 2.45) is 0 Å². The van der Waals surface area contributed by atoms with Gasteiger partial charge in [-0.2, -0.15) is 0 Å². The maximum atomic E-state index is 12.5. The Hall–Kier alpha value is -2.24. The highest BCUT2D eigenvalue weighted by atomic mass is 16.1. The van der Waals surface area contributed by atoms with Crippen LogP contribution >= 0.6 is 0 Å². The monoisotopic (exact) mass is 364 g/mol. The third-order valence-electron chi connectivity index (χ3n) is 5.66. The van der Waals surface area contributed by atoms with Crippen LogP contribution in [0.2, 0.25) is 0 Å². The van der Waals surface area contributed by atoms with E-state index in [1.807, 2.05) is 30.3 Å². The minimum atomic E-state index is -0.0834. The molecule has 1 aromatic carbocycles. The topological polar surface area (TPSA) is 48.5 Å². The van der Waals surface area contributed by atoms with Crippen LogP contribution in [0.3, 0.4) is 0 Å². The van der Waals surface area contributed by atoms with Crippen LogP contribution in [0.25, 0.3) is 0 Å². The average molecular weight is 364 g/mol. The molecule has 0 spiro atoms. The van der Waals surface area contributed by atoms with E-state index in [-0.39, 0.29) is 5.91 Å². The summed E-state index contributed by atoms with van der Waals surface area (Å²) in [5.74, 6) is -0.0834. The fourth-order valence-electron chi connectivity index (χ4n) is 4.26. The van der Waals surface area contributed by atoms with Crippen LogP contribution in [-0.2, 0) is 6.54 Å². The van der Waals surface area contributed by atoms with Gasteiger partial charge in [0.25, 0.3) is 5.91 Å². The molecule has 0 unspecified atom stereocenters. The fourth-order valence-corrected chi connectivity index (χ4v) is 4.26. The van der Waals surface area contributed by atoms with Crippen LogP contribution < -0.4 is 5.32 Å². The second-order valence-electron chi connectivity index (χ2n) is 7.67. The number of hydrogen-bond donors (Lipinski definition) is 1. The lowest BCUT2D eigenvalue weighted by atomic mass is 10.1. The van der Waals surface area contributed by atoms with E-state index < -0.39 is 0 Å². The summed E-state index contributed by atoms with van der Waals surface area (Å²) in [6.07, 6.45) is 8.62. The van der Waals surface area contributed by atoms with Crippen LogP contribution in [0.1, 0.15) is 41.6 Å². The van der Waals surface area contributed by atoms with E-state index in [1.54, 1.807) is 12.4 Å². The first-order chi connectivity index (χ1) is 13.3. The molecule has 0 bridgehead atoms. The van der Waals surface area contributed by atoms with E-state index in [0.29, 0.717) is 11.6 Å². The largest absolute Gasteiger partial charge is 0.321 e. The third kappa shape index (κ3) is 4.73. The molecule has 142 valence electrons. The number of hydrogen-bond acceptors (Lipinski definition) is 4. The van der Waals surface area contributed by atoms with Crippen LogP contribution in [0.15, 0.2) is 48.8 Å². The quantitative estimate of drug-likeness (QED) is 0.854. The highest BCUT2D eigenvalue weighted by Crippen LogP contribution is 2.23.